The molecule has 0 aromatic carbocycles. The Kier molecular flexibility index (Phi) is 4.19. The third-order valence-electron chi connectivity index (χ3n) is 4.71. The molecule has 1 aliphatic heterocycles. The molecule has 3 aromatic heterocycles. The molecule has 1 unspecified atom stereocenters. The molecule has 4 heterocycles. The molecule has 0 saturated carbocycles. The van der Waals surface area contributed by atoms with Gasteiger partial charge in [-0.25, -0.2) is 19.6 Å². The number of rotatable bonds is 5. The van der Waals surface area contributed by atoms with Crippen LogP contribution in [0, 0.1) is 0 Å². The lowest BCUT2D eigenvalue weighted by Crippen LogP contribution is -2.37. The summed E-state index contributed by atoms with van der Waals surface area (Å²) < 4.78 is 9.50. The first-order valence-electron chi connectivity index (χ1n) is 8.35. The highest BCUT2D eigenvalue weighted by molar-refractivity contribution is 5.25. The van der Waals surface area contributed by atoms with E-state index in [1.807, 2.05) is 16.9 Å². The highest BCUT2D eigenvalue weighted by Crippen LogP contribution is 2.28. The van der Waals surface area contributed by atoms with Crippen LogP contribution in [0.5, 0.6) is 5.88 Å². The number of nitrogens with zero attached hydrogens (tertiary/aromatic N) is 7. The first-order chi connectivity index (χ1) is 12.3. The zero-order valence-electron chi connectivity index (χ0n) is 14.4. The molecule has 1 atom stereocenters. The molecular weight excluding hydrogens is 318 g/mol. The van der Waals surface area contributed by atoms with Crippen LogP contribution in [0.2, 0.25) is 0 Å². The van der Waals surface area contributed by atoms with E-state index in [1.165, 1.54) is 0 Å². The lowest BCUT2D eigenvalue weighted by atomic mass is 10.1. The molecule has 0 aliphatic carbocycles. The lowest BCUT2D eigenvalue weighted by Gasteiger charge is -2.34. The molecule has 0 N–H and O–H groups in total. The highest BCUT2D eigenvalue weighted by Gasteiger charge is 2.27. The van der Waals surface area contributed by atoms with Crippen LogP contribution in [0.15, 0.2) is 37.2 Å². The molecule has 8 nitrogen and oxygen atoms in total. The van der Waals surface area contributed by atoms with E-state index in [9.17, 15) is 0 Å². The summed E-state index contributed by atoms with van der Waals surface area (Å²) in [5.41, 5.74) is 2.26. The minimum atomic E-state index is 0.225. The average Bonchev–Trinajstić information content (AvgIpc) is 3.29. The number of aromatic nitrogens is 6. The van der Waals surface area contributed by atoms with Crippen LogP contribution in [0.1, 0.15) is 30.0 Å². The molecule has 0 radical (unpaired) electrons. The van der Waals surface area contributed by atoms with Crippen molar-refractivity contribution in [1.29, 1.82) is 0 Å². The Morgan fingerprint density at radius 3 is 2.96 bits per heavy atom. The van der Waals surface area contributed by atoms with Gasteiger partial charge in [0.1, 0.15) is 18.5 Å². The first kappa shape index (κ1) is 15.8. The number of methoxy groups -OCH3 is 1. The molecule has 0 bridgehead atoms. The van der Waals surface area contributed by atoms with E-state index >= 15 is 0 Å². The van der Waals surface area contributed by atoms with Gasteiger partial charge in [0, 0.05) is 31.4 Å². The van der Waals surface area contributed by atoms with Crippen molar-refractivity contribution in [2.24, 2.45) is 0 Å². The van der Waals surface area contributed by atoms with Gasteiger partial charge in [0.2, 0.25) is 5.88 Å². The number of imidazole rings is 1. The van der Waals surface area contributed by atoms with Crippen LogP contribution in [0.3, 0.4) is 0 Å². The normalized spacial score (nSPS) is 17.4. The van der Waals surface area contributed by atoms with Crippen molar-refractivity contribution in [3.8, 4) is 5.88 Å². The second-order valence-electron chi connectivity index (χ2n) is 6.17. The van der Waals surface area contributed by atoms with E-state index in [1.54, 1.807) is 26.0 Å². The van der Waals surface area contributed by atoms with Crippen molar-refractivity contribution in [2.45, 2.75) is 32.6 Å². The van der Waals surface area contributed by atoms with Gasteiger partial charge in [-0.1, -0.05) is 6.07 Å². The minimum Gasteiger partial charge on any atom is -0.481 e. The van der Waals surface area contributed by atoms with Gasteiger partial charge in [-0.05, 0) is 13.0 Å². The van der Waals surface area contributed by atoms with Gasteiger partial charge < -0.3 is 9.30 Å². The fourth-order valence-corrected chi connectivity index (χ4v) is 3.37. The monoisotopic (exact) mass is 339 g/mol. The maximum atomic E-state index is 5.38. The topological polar surface area (TPSA) is 73.9 Å². The molecule has 8 heteroatoms. The highest BCUT2D eigenvalue weighted by atomic mass is 16.5. The zero-order valence-corrected chi connectivity index (χ0v) is 14.4. The summed E-state index contributed by atoms with van der Waals surface area (Å²) in [7, 11) is 1.66. The van der Waals surface area contributed by atoms with Crippen LogP contribution in [0.4, 0.5) is 0 Å². The molecule has 1 aliphatic rings. The fourth-order valence-electron chi connectivity index (χ4n) is 3.37. The smallest absolute Gasteiger partial charge is 0.217 e. The van der Waals surface area contributed by atoms with Gasteiger partial charge in [0.15, 0.2) is 0 Å². The van der Waals surface area contributed by atoms with Crippen LogP contribution in [-0.2, 0) is 19.6 Å². The van der Waals surface area contributed by atoms with Gasteiger partial charge in [0.25, 0.3) is 0 Å². The summed E-state index contributed by atoms with van der Waals surface area (Å²) in [5, 5.41) is 4.18. The van der Waals surface area contributed by atoms with Crippen molar-refractivity contribution >= 4 is 0 Å². The maximum Gasteiger partial charge on any atom is 0.217 e. The van der Waals surface area contributed by atoms with Crippen LogP contribution >= 0.6 is 0 Å². The molecule has 0 spiro atoms. The van der Waals surface area contributed by atoms with Crippen LogP contribution in [0.25, 0.3) is 0 Å². The largest absolute Gasteiger partial charge is 0.481 e. The number of pyridine rings is 1. The second-order valence-corrected chi connectivity index (χ2v) is 6.17. The van der Waals surface area contributed by atoms with Gasteiger partial charge in [0.05, 0.1) is 31.6 Å². The minimum absolute atomic E-state index is 0.225. The van der Waals surface area contributed by atoms with Crippen molar-refractivity contribution < 1.29 is 4.74 Å². The Hall–Kier alpha value is -2.74. The molecule has 25 heavy (non-hydrogen) atoms. The Balaban J connectivity index is 1.53. The summed E-state index contributed by atoms with van der Waals surface area (Å²) >= 11 is 0. The average molecular weight is 339 g/mol. The SMILES string of the molecule is COc1ncccc1CN1CCn2c(Cn3cncn3)cnc2C1C. The van der Waals surface area contributed by atoms with Crippen molar-refractivity contribution in [2.75, 3.05) is 13.7 Å². The third-order valence-corrected chi connectivity index (χ3v) is 4.71. The van der Waals surface area contributed by atoms with Gasteiger partial charge >= 0.3 is 0 Å². The number of hydrogen-bond acceptors (Lipinski definition) is 6. The van der Waals surface area contributed by atoms with E-state index in [4.69, 9.17) is 4.74 Å². The third kappa shape index (κ3) is 3.00. The van der Waals surface area contributed by atoms with E-state index in [2.05, 4.69) is 42.5 Å². The summed E-state index contributed by atoms with van der Waals surface area (Å²) in [6, 6.07) is 4.24. The number of ether oxygens (including phenoxy) is 1. The molecular formula is C17H21N7O. The van der Waals surface area contributed by atoms with Gasteiger partial charge in [-0.15, -0.1) is 0 Å². The number of hydrogen-bond donors (Lipinski definition) is 0. The summed E-state index contributed by atoms with van der Waals surface area (Å²) in [5.74, 6) is 1.78. The van der Waals surface area contributed by atoms with E-state index in [-0.39, 0.29) is 6.04 Å². The van der Waals surface area contributed by atoms with Crippen LogP contribution in [-0.4, -0.2) is 47.9 Å². The Morgan fingerprint density at radius 2 is 2.16 bits per heavy atom. The van der Waals surface area contributed by atoms with E-state index < -0.39 is 0 Å². The Bertz CT molecular complexity index is 843. The quantitative estimate of drug-likeness (QED) is 0.701. The molecule has 0 saturated heterocycles. The summed E-state index contributed by atoms with van der Waals surface area (Å²) in [6.45, 7) is 5.54. The second kappa shape index (κ2) is 6.64. The van der Waals surface area contributed by atoms with Crippen molar-refractivity contribution in [1.82, 2.24) is 34.2 Å². The predicted octanol–water partition coefficient (Wildman–Crippen LogP) is 1.50. The molecule has 0 amide bonds. The Morgan fingerprint density at radius 1 is 1.24 bits per heavy atom. The molecule has 4 rings (SSSR count). The maximum absolute atomic E-state index is 5.38. The Labute approximate surface area is 146 Å². The van der Waals surface area contributed by atoms with Crippen molar-refractivity contribution in [3.63, 3.8) is 0 Å². The molecule has 0 fully saturated rings. The van der Waals surface area contributed by atoms with Gasteiger partial charge in [-0.3, -0.25) is 4.90 Å². The number of fused-ring (bicyclic) bond motifs is 1. The molecule has 3 aromatic rings. The first-order valence-corrected chi connectivity index (χ1v) is 8.35. The van der Waals surface area contributed by atoms with E-state index in [0.717, 1.165) is 36.7 Å². The summed E-state index contributed by atoms with van der Waals surface area (Å²) in [4.78, 5) is 15.4. The van der Waals surface area contributed by atoms with Crippen LogP contribution < -0.4 is 4.74 Å². The van der Waals surface area contributed by atoms with E-state index in [0.29, 0.717) is 12.4 Å². The zero-order chi connectivity index (χ0) is 17.2. The van der Waals surface area contributed by atoms with Crippen molar-refractivity contribution in [3.05, 3.63) is 54.3 Å². The van der Waals surface area contributed by atoms with Gasteiger partial charge in [-0.2, -0.15) is 5.10 Å². The molecule has 130 valence electrons. The lowest BCUT2D eigenvalue weighted by molar-refractivity contribution is 0.153. The summed E-state index contributed by atoms with van der Waals surface area (Å²) in [6.07, 6.45) is 6.99. The fraction of sp³-hybridized carbons (Fsp3) is 0.412. The standard InChI is InChI=1S/C17H21N7O/c1-13-16-20-8-15(10-23-12-18-11-21-23)24(16)7-6-22(13)9-14-4-3-5-19-17(14)25-2/h3-5,8,11-13H,6-7,9-10H2,1-2H3. The predicted molar refractivity (Wildman–Crippen MR) is 91.0 cm³/mol.